The molecule has 4 rings (SSSR count). The van der Waals surface area contributed by atoms with Gasteiger partial charge in [0.05, 0.1) is 11.4 Å². The Hall–Kier alpha value is -1.65. The molecule has 3 heterocycles. The van der Waals surface area contributed by atoms with Gasteiger partial charge < -0.3 is 5.32 Å². The lowest BCUT2D eigenvalue weighted by Gasteiger charge is -2.23. The summed E-state index contributed by atoms with van der Waals surface area (Å²) in [4.78, 5) is 2.59. The fraction of sp³-hybridized carbons (Fsp3) is 0.471. The van der Waals surface area contributed by atoms with Crippen molar-refractivity contribution in [2.75, 3.05) is 19.6 Å². The second kappa shape index (κ2) is 5.28. The molecule has 2 aliphatic rings. The number of hydrogen-bond donors (Lipinski definition) is 1. The van der Waals surface area contributed by atoms with Crippen molar-refractivity contribution in [3.63, 3.8) is 0 Å². The lowest BCUT2D eigenvalue weighted by molar-refractivity contribution is 0.228. The summed E-state index contributed by atoms with van der Waals surface area (Å²) in [6.45, 7) is 6.90. The molecule has 0 saturated carbocycles. The molecule has 21 heavy (non-hydrogen) atoms. The predicted octanol–water partition coefficient (Wildman–Crippen LogP) is 1.91. The van der Waals surface area contributed by atoms with Crippen LogP contribution < -0.4 is 5.32 Å². The van der Waals surface area contributed by atoms with E-state index < -0.39 is 0 Å². The van der Waals surface area contributed by atoms with E-state index in [1.807, 2.05) is 22.9 Å². The number of nitrogens with zero attached hydrogens (tertiary/aromatic N) is 3. The van der Waals surface area contributed by atoms with Crippen LogP contribution in [0, 0.1) is 11.8 Å². The van der Waals surface area contributed by atoms with Gasteiger partial charge in [-0.05, 0) is 50.0 Å². The van der Waals surface area contributed by atoms with Gasteiger partial charge in [0.1, 0.15) is 0 Å². The van der Waals surface area contributed by atoms with Gasteiger partial charge in [0, 0.05) is 25.3 Å². The van der Waals surface area contributed by atoms with Gasteiger partial charge in [0.25, 0.3) is 0 Å². The Balaban J connectivity index is 1.48. The number of para-hydroxylation sites is 1. The molecule has 3 unspecified atom stereocenters. The third kappa shape index (κ3) is 2.39. The maximum Gasteiger partial charge on any atom is 0.0769 e. The predicted molar refractivity (Wildman–Crippen MR) is 83.3 cm³/mol. The highest BCUT2D eigenvalue weighted by atomic mass is 15.3. The van der Waals surface area contributed by atoms with Gasteiger partial charge in [0.15, 0.2) is 0 Å². The highest BCUT2D eigenvalue weighted by Gasteiger charge is 2.41. The molecule has 1 aromatic heterocycles. The molecule has 2 aromatic rings. The van der Waals surface area contributed by atoms with Gasteiger partial charge in [0.2, 0.25) is 0 Å². The smallest absolute Gasteiger partial charge is 0.0769 e. The van der Waals surface area contributed by atoms with Crippen molar-refractivity contribution in [2.45, 2.75) is 19.5 Å². The third-order valence-electron chi connectivity index (χ3n) is 5.09. The highest BCUT2D eigenvalue weighted by molar-refractivity contribution is 5.30. The quantitative estimate of drug-likeness (QED) is 0.933. The Morgan fingerprint density at radius 2 is 2.05 bits per heavy atom. The van der Waals surface area contributed by atoms with Crippen LogP contribution in [0.25, 0.3) is 5.69 Å². The van der Waals surface area contributed by atoms with Gasteiger partial charge >= 0.3 is 0 Å². The largest absolute Gasteiger partial charge is 0.316 e. The molecule has 0 radical (unpaired) electrons. The number of aromatic nitrogens is 2. The summed E-state index contributed by atoms with van der Waals surface area (Å²) < 4.78 is 1.97. The zero-order chi connectivity index (χ0) is 14.2. The number of nitrogens with one attached hydrogen (secondary N) is 1. The van der Waals surface area contributed by atoms with E-state index in [0.29, 0.717) is 6.04 Å². The molecule has 4 nitrogen and oxygen atoms in total. The standard InChI is InChI=1S/C17H22N4/c1-13-17-10-18-9-14(17)11-20(13)12-15-7-8-21(19-15)16-5-3-2-4-6-16/h2-8,13-14,17-18H,9-12H2,1H3. The fourth-order valence-corrected chi connectivity index (χ4v) is 3.84. The van der Waals surface area contributed by atoms with Crippen molar-refractivity contribution in [1.82, 2.24) is 20.0 Å². The minimum absolute atomic E-state index is 0.659. The number of fused-ring (bicyclic) bond motifs is 1. The summed E-state index contributed by atoms with van der Waals surface area (Å²) in [5.41, 5.74) is 2.29. The maximum atomic E-state index is 4.73. The normalized spacial score (nSPS) is 28.9. The van der Waals surface area contributed by atoms with Crippen LogP contribution in [0.3, 0.4) is 0 Å². The van der Waals surface area contributed by atoms with Crippen LogP contribution in [0.15, 0.2) is 42.6 Å². The molecule has 0 aliphatic carbocycles. The molecule has 2 aliphatic heterocycles. The molecule has 4 heteroatoms. The summed E-state index contributed by atoms with van der Waals surface area (Å²) in [6.07, 6.45) is 2.06. The van der Waals surface area contributed by atoms with Crippen LogP contribution in [-0.2, 0) is 6.54 Å². The zero-order valence-electron chi connectivity index (χ0n) is 12.4. The summed E-state index contributed by atoms with van der Waals surface area (Å²) in [5, 5.41) is 8.25. The van der Waals surface area contributed by atoms with Gasteiger partial charge in [-0.1, -0.05) is 18.2 Å². The Labute approximate surface area is 125 Å². The van der Waals surface area contributed by atoms with Crippen LogP contribution in [-0.4, -0.2) is 40.4 Å². The van der Waals surface area contributed by atoms with E-state index in [1.54, 1.807) is 0 Å². The van der Waals surface area contributed by atoms with Gasteiger partial charge in [-0.2, -0.15) is 5.10 Å². The lowest BCUT2D eigenvalue weighted by Crippen LogP contribution is -2.32. The molecule has 0 bridgehead atoms. The van der Waals surface area contributed by atoms with Gasteiger partial charge in [-0.15, -0.1) is 0 Å². The van der Waals surface area contributed by atoms with E-state index in [2.05, 4.69) is 41.5 Å². The number of likely N-dealkylation sites (tertiary alicyclic amines) is 1. The highest BCUT2D eigenvalue weighted by Crippen LogP contribution is 2.33. The van der Waals surface area contributed by atoms with E-state index in [0.717, 1.165) is 24.1 Å². The van der Waals surface area contributed by atoms with E-state index >= 15 is 0 Å². The molecular formula is C17H22N4. The second-order valence-electron chi connectivity index (χ2n) is 6.34. The van der Waals surface area contributed by atoms with E-state index in [9.17, 15) is 0 Å². The molecular weight excluding hydrogens is 260 g/mol. The van der Waals surface area contributed by atoms with Crippen LogP contribution in [0.5, 0.6) is 0 Å². The van der Waals surface area contributed by atoms with E-state index in [4.69, 9.17) is 5.10 Å². The van der Waals surface area contributed by atoms with Crippen LogP contribution in [0.1, 0.15) is 12.6 Å². The summed E-state index contributed by atoms with van der Waals surface area (Å²) in [5.74, 6) is 1.65. The van der Waals surface area contributed by atoms with E-state index in [-0.39, 0.29) is 0 Å². The summed E-state index contributed by atoms with van der Waals surface area (Å²) >= 11 is 0. The van der Waals surface area contributed by atoms with Crippen LogP contribution >= 0.6 is 0 Å². The first-order valence-corrected chi connectivity index (χ1v) is 7.86. The topological polar surface area (TPSA) is 33.1 Å². The molecule has 3 atom stereocenters. The molecule has 2 saturated heterocycles. The maximum absolute atomic E-state index is 4.73. The second-order valence-corrected chi connectivity index (χ2v) is 6.34. The monoisotopic (exact) mass is 282 g/mol. The van der Waals surface area contributed by atoms with Crippen molar-refractivity contribution in [1.29, 1.82) is 0 Å². The number of rotatable bonds is 3. The average Bonchev–Trinajstić information content (AvgIpc) is 3.21. The van der Waals surface area contributed by atoms with Crippen LogP contribution in [0.4, 0.5) is 0 Å². The average molecular weight is 282 g/mol. The molecule has 0 spiro atoms. The lowest BCUT2D eigenvalue weighted by atomic mass is 9.95. The Bertz CT molecular complexity index is 606. The van der Waals surface area contributed by atoms with Gasteiger partial charge in [-0.25, -0.2) is 4.68 Å². The van der Waals surface area contributed by atoms with Crippen molar-refractivity contribution >= 4 is 0 Å². The Morgan fingerprint density at radius 1 is 1.19 bits per heavy atom. The zero-order valence-corrected chi connectivity index (χ0v) is 12.4. The SMILES string of the molecule is CC1C2CNCC2CN1Cc1ccn(-c2ccccc2)n1. The fourth-order valence-electron chi connectivity index (χ4n) is 3.84. The third-order valence-corrected chi connectivity index (χ3v) is 5.09. The first-order chi connectivity index (χ1) is 10.3. The van der Waals surface area contributed by atoms with E-state index in [1.165, 1.54) is 25.3 Å². The number of benzene rings is 1. The molecule has 110 valence electrons. The van der Waals surface area contributed by atoms with Crippen molar-refractivity contribution in [3.05, 3.63) is 48.3 Å². The van der Waals surface area contributed by atoms with Crippen molar-refractivity contribution in [3.8, 4) is 5.69 Å². The summed E-state index contributed by atoms with van der Waals surface area (Å²) in [7, 11) is 0. The van der Waals surface area contributed by atoms with Crippen LogP contribution in [0.2, 0.25) is 0 Å². The summed E-state index contributed by atoms with van der Waals surface area (Å²) in [6, 6.07) is 13.1. The number of hydrogen-bond acceptors (Lipinski definition) is 3. The minimum atomic E-state index is 0.659. The Kier molecular flexibility index (Phi) is 3.28. The van der Waals surface area contributed by atoms with Crippen molar-refractivity contribution < 1.29 is 0 Å². The first-order valence-electron chi connectivity index (χ1n) is 7.86. The molecule has 1 aromatic carbocycles. The molecule has 0 amide bonds. The van der Waals surface area contributed by atoms with Crippen molar-refractivity contribution in [2.24, 2.45) is 11.8 Å². The minimum Gasteiger partial charge on any atom is -0.316 e. The first kappa shape index (κ1) is 13.0. The van der Waals surface area contributed by atoms with Gasteiger partial charge in [-0.3, -0.25) is 4.90 Å². The Morgan fingerprint density at radius 3 is 2.86 bits per heavy atom. The molecule has 1 N–H and O–H groups in total. The molecule has 2 fully saturated rings.